The Morgan fingerprint density at radius 2 is 1.86 bits per heavy atom. The third-order valence-corrected chi connectivity index (χ3v) is 5.65. The Morgan fingerprint density at radius 1 is 1.18 bits per heavy atom. The number of benzene rings is 1. The smallest absolute Gasteiger partial charge is 0.227 e. The van der Waals surface area contributed by atoms with E-state index in [1.807, 2.05) is 0 Å². The van der Waals surface area contributed by atoms with Gasteiger partial charge in [0.15, 0.2) is 0 Å². The van der Waals surface area contributed by atoms with Crippen molar-refractivity contribution in [2.24, 2.45) is 11.1 Å². The van der Waals surface area contributed by atoms with E-state index in [1.54, 1.807) is 0 Å². The number of carbonyl (C=O) groups excluding carboxylic acids is 1. The first kappa shape index (κ1) is 15.5. The minimum Gasteiger partial charge on any atom is -0.349 e. The van der Waals surface area contributed by atoms with Gasteiger partial charge >= 0.3 is 0 Å². The van der Waals surface area contributed by atoms with Crippen molar-refractivity contribution < 1.29 is 4.79 Å². The number of carbonyl (C=O) groups is 1. The van der Waals surface area contributed by atoms with Gasteiger partial charge in [0.1, 0.15) is 0 Å². The molecule has 1 amide bonds. The molecule has 2 aliphatic rings. The largest absolute Gasteiger partial charge is 0.349 e. The molecule has 1 atom stereocenters. The highest BCUT2D eigenvalue weighted by molar-refractivity contribution is 5.83. The van der Waals surface area contributed by atoms with Crippen LogP contribution in [0.25, 0.3) is 0 Å². The molecule has 1 aromatic carbocycles. The first-order chi connectivity index (χ1) is 10.6. The number of aryl methyl sites for hydroxylation is 2. The zero-order valence-corrected chi connectivity index (χ0v) is 13.7. The predicted molar refractivity (Wildman–Crippen MR) is 89.6 cm³/mol. The Morgan fingerprint density at radius 3 is 2.55 bits per heavy atom. The summed E-state index contributed by atoms with van der Waals surface area (Å²) in [6, 6.07) is 6.78. The summed E-state index contributed by atoms with van der Waals surface area (Å²) in [5.74, 6) is 0.151. The molecule has 0 heterocycles. The molecule has 0 bridgehead atoms. The molecule has 3 heteroatoms. The maximum Gasteiger partial charge on any atom is 0.227 e. The van der Waals surface area contributed by atoms with Gasteiger partial charge in [-0.3, -0.25) is 4.79 Å². The van der Waals surface area contributed by atoms with E-state index in [-0.39, 0.29) is 17.4 Å². The molecule has 1 fully saturated rings. The van der Waals surface area contributed by atoms with E-state index < -0.39 is 0 Å². The lowest BCUT2D eigenvalue weighted by Crippen LogP contribution is -2.45. The fraction of sp³-hybridized carbons (Fsp3) is 0.632. The summed E-state index contributed by atoms with van der Waals surface area (Å²) >= 11 is 0. The van der Waals surface area contributed by atoms with Gasteiger partial charge in [-0.05, 0) is 62.1 Å². The fourth-order valence-electron chi connectivity index (χ4n) is 4.03. The van der Waals surface area contributed by atoms with Crippen LogP contribution >= 0.6 is 0 Å². The number of nitrogens with two attached hydrogens (primary N) is 1. The Labute approximate surface area is 133 Å². The Bertz CT molecular complexity index is 546. The van der Waals surface area contributed by atoms with Crippen molar-refractivity contribution in [3.8, 4) is 0 Å². The minimum absolute atomic E-state index is 0.0590. The molecular weight excluding hydrogens is 272 g/mol. The first-order valence-corrected chi connectivity index (χ1v) is 8.77. The standard InChI is InChI=1S/C19H28N2O/c1-14(21-18(22)19(13-20)10-4-5-11-19)16-9-8-15-6-2-3-7-17(15)12-16/h8-9,12,14H,2-7,10-11,13,20H2,1H3,(H,21,22). The molecule has 3 N–H and O–H groups in total. The van der Waals surface area contributed by atoms with Gasteiger partial charge in [-0.2, -0.15) is 0 Å². The van der Waals surface area contributed by atoms with Crippen LogP contribution < -0.4 is 11.1 Å². The lowest BCUT2D eigenvalue weighted by molar-refractivity contribution is -0.131. The number of hydrogen-bond acceptors (Lipinski definition) is 2. The van der Waals surface area contributed by atoms with Crippen LogP contribution in [0.3, 0.4) is 0 Å². The van der Waals surface area contributed by atoms with Gasteiger partial charge in [0.2, 0.25) is 5.91 Å². The van der Waals surface area contributed by atoms with Gasteiger partial charge in [-0.25, -0.2) is 0 Å². The lowest BCUT2D eigenvalue weighted by atomic mass is 9.84. The summed E-state index contributed by atoms with van der Waals surface area (Å²) in [6.07, 6.45) is 9.09. The minimum atomic E-state index is -0.317. The highest BCUT2D eigenvalue weighted by Crippen LogP contribution is 2.38. The Hall–Kier alpha value is -1.35. The van der Waals surface area contributed by atoms with E-state index in [2.05, 4.69) is 30.4 Å². The van der Waals surface area contributed by atoms with Crippen molar-refractivity contribution in [3.05, 3.63) is 34.9 Å². The zero-order chi connectivity index (χ0) is 15.6. The molecule has 1 aromatic rings. The second-order valence-corrected chi connectivity index (χ2v) is 7.12. The third kappa shape index (κ3) is 2.91. The number of hydrogen-bond donors (Lipinski definition) is 2. The summed E-state index contributed by atoms with van der Waals surface area (Å²) in [5, 5.41) is 3.22. The van der Waals surface area contributed by atoms with E-state index in [0.717, 1.165) is 25.7 Å². The van der Waals surface area contributed by atoms with E-state index in [1.165, 1.54) is 42.4 Å². The predicted octanol–water partition coefficient (Wildman–Crippen LogP) is 3.26. The molecule has 2 aliphatic carbocycles. The van der Waals surface area contributed by atoms with Crippen molar-refractivity contribution in [2.45, 2.75) is 64.3 Å². The lowest BCUT2D eigenvalue weighted by Gasteiger charge is -2.28. The summed E-state index contributed by atoms with van der Waals surface area (Å²) in [5.41, 5.74) is 9.78. The van der Waals surface area contributed by atoms with Crippen LogP contribution in [-0.2, 0) is 17.6 Å². The van der Waals surface area contributed by atoms with Crippen LogP contribution in [0.2, 0.25) is 0 Å². The molecule has 0 aromatic heterocycles. The van der Waals surface area contributed by atoms with Crippen LogP contribution in [0.1, 0.15) is 68.2 Å². The van der Waals surface area contributed by atoms with Gasteiger partial charge in [0.25, 0.3) is 0 Å². The van der Waals surface area contributed by atoms with Crippen molar-refractivity contribution in [1.29, 1.82) is 0 Å². The number of rotatable bonds is 4. The van der Waals surface area contributed by atoms with Crippen molar-refractivity contribution in [3.63, 3.8) is 0 Å². The van der Waals surface area contributed by atoms with Crippen LogP contribution in [0.4, 0.5) is 0 Å². The quantitative estimate of drug-likeness (QED) is 0.896. The zero-order valence-electron chi connectivity index (χ0n) is 13.7. The second kappa shape index (κ2) is 6.41. The van der Waals surface area contributed by atoms with E-state index in [9.17, 15) is 4.79 Å². The van der Waals surface area contributed by atoms with E-state index in [4.69, 9.17) is 5.73 Å². The van der Waals surface area contributed by atoms with Crippen molar-refractivity contribution in [2.75, 3.05) is 6.54 Å². The second-order valence-electron chi connectivity index (χ2n) is 7.12. The SMILES string of the molecule is CC(NC(=O)C1(CN)CCCC1)c1ccc2c(c1)CCCC2. The Balaban J connectivity index is 1.71. The molecule has 0 saturated heterocycles. The summed E-state index contributed by atoms with van der Waals surface area (Å²) in [7, 11) is 0. The molecule has 0 spiro atoms. The molecular formula is C19H28N2O. The van der Waals surface area contributed by atoms with Crippen LogP contribution in [0, 0.1) is 5.41 Å². The van der Waals surface area contributed by atoms with E-state index in [0.29, 0.717) is 6.54 Å². The molecule has 3 rings (SSSR count). The molecule has 120 valence electrons. The molecule has 0 aliphatic heterocycles. The molecule has 0 radical (unpaired) electrons. The van der Waals surface area contributed by atoms with Gasteiger partial charge in [0.05, 0.1) is 11.5 Å². The highest BCUT2D eigenvalue weighted by Gasteiger charge is 2.40. The number of amides is 1. The van der Waals surface area contributed by atoms with Gasteiger partial charge < -0.3 is 11.1 Å². The first-order valence-electron chi connectivity index (χ1n) is 8.77. The van der Waals surface area contributed by atoms with E-state index >= 15 is 0 Å². The summed E-state index contributed by atoms with van der Waals surface area (Å²) < 4.78 is 0. The molecule has 22 heavy (non-hydrogen) atoms. The average molecular weight is 300 g/mol. The van der Waals surface area contributed by atoms with Crippen molar-refractivity contribution in [1.82, 2.24) is 5.32 Å². The van der Waals surface area contributed by atoms with Crippen LogP contribution in [0.5, 0.6) is 0 Å². The van der Waals surface area contributed by atoms with Crippen molar-refractivity contribution >= 4 is 5.91 Å². The maximum absolute atomic E-state index is 12.7. The highest BCUT2D eigenvalue weighted by atomic mass is 16.2. The molecule has 1 saturated carbocycles. The van der Waals surface area contributed by atoms with Gasteiger partial charge in [0, 0.05) is 6.54 Å². The van der Waals surface area contributed by atoms with Crippen LogP contribution in [0.15, 0.2) is 18.2 Å². The van der Waals surface area contributed by atoms with Gasteiger partial charge in [-0.1, -0.05) is 31.0 Å². The Kier molecular flexibility index (Phi) is 4.53. The average Bonchev–Trinajstić information content (AvgIpc) is 3.04. The third-order valence-electron chi connectivity index (χ3n) is 5.65. The number of nitrogens with one attached hydrogen (secondary N) is 1. The molecule has 1 unspecified atom stereocenters. The monoisotopic (exact) mass is 300 g/mol. The fourth-order valence-corrected chi connectivity index (χ4v) is 4.03. The summed E-state index contributed by atoms with van der Waals surface area (Å²) in [6.45, 7) is 2.55. The normalized spacial score (nSPS) is 21.2. The molecule has 3 nitrogen and oxygen atoms in total. The number of fused-ring (bicyclic) bond motifs is 1. The summed E-state index contributed by atoms with van der Waals surface area (Å²) in [4.78, 5) is 12.7. The maximum atomic E-state index is 12.7. The van der Waals surface area contributed by atoms with Crippen LogP contribution in [-0.4, -0.2) is 12.5 Å². The topological polar surface area (TPSA) is 55.1 Å². The van der Waals surface area contributed by atoms with Gasteiger partial charge in [-0.15, -0.1) is 0 Å².